The molecule has 0 spiro atoms. The zero-order valence-corrected chi connectivity index (χ0v) is 19.2. The average molecular weight is 493 g/mol. The van der Waals surface area contributed by atoms with Crippen molar-refractivity contribution in [1.82, 2.24) is 0 Å². The Kier molecular flexibility index (Phi) is 6.19. The number of anilines is 2. The number of hydrogen-bond donors (Lipinski definition) is 1. The van der Waals surface area contributed by atoms with Crippen LogP contribution in [0.15, 0.2) is 65.6 Å². The van der Waals surface area contributed by atoms with E-state index in [0.29, 0.717) is 17.2 Å². The first-order valence-corrected chi connectivity index (χ1v) is 11.7. The number of aryl methyl sites for hydroxylation is 1. The highest BCUT2D eigenvalue weighted by atomic mass is 35.5. The summed E-state index contributed by atoms with van der Waals surface area (Å²) in [5, 5.41) is 3.17. The number of halogens is 2. The van der Waals surface area contributed by atoms with Gasteiger partial charge in [-0.3, -0.25) is 9.10 Å². The fourth-order valence-corrected chi connectivity index (χ4v) is 5.06. The lowest BCUT2D eigenvalue weighted by Gasteiger charge is -2.24. The second kappa shape index (κ2) is 8.90. The van der Waals surface area contributed by atoms with Crippen molar-refractivity contribution in [2.24, 2.45) is 0 Å². The third-order valence-corrected chi connectivity index (χ3v) is 6.91. The molecule has 0 radical (unpaired) electrons. The summed E-state index contributed by atoms with van der Waals surface area (Å²) in [6.07, 6.45) is 0. The number of carbonyl (C=O) groups excluding carboxylic acids is 1. The molecule has 4 rings (SSSR count). The van der Waals surface area contributed by atoms with Crippen LogP contribution in [-0.4, -0.2) is 27.7 Å². The van der Waals surface area contributed by atoms with Crippen LogP contribution >= 0.6 is 23.2 Å². The second-order valence-electron chi connectivity index (χ2n) is 7.07. The molecule has 0 aliphatic carbocycles. The van der Waals surface area contributed by atoms with Crippen molar-refractivity contribution < 1.29 is 22.7 Å². The molecule has 1 aliphatic rings. The molecular formula is C22H18Cl2N2O5S. The zero-order valence-electron chi connectivity index (χ0n) is 16.8. The molecule has 1 aliphatic heterocycles. The molecule has 0 atom stereocenters. The van der Waals surface area contributed by atoms with E-state index in [1.54, 1.807) is 30.3 Å². The Morgan fingerprint density at radius 3 is 2.31 bits per heavy atom. The lowest BCUT2D eigenvalue weighted by molar-refractivity contribution is -0.114. The van der Waals surface area contributed by atoms with Gasteiger partial charge >= 0.3 is 0 Å². The van der Waals surface area contributed by atoms with Crippen molar-refractivity contribution in [3.05, 3.63) is 76.3 Å². The zero-order chi connectivity index (χ0) is 22.9. The second-order valence-corrected chi connectivity index (χ2v) is 9.80. The summed E-state index contributed by atoms with van der Waals surface area (Å²) in [5.41, 5.74) is 1.52. The van der Waals surface area contributed by atoms with Gasteiger partial charge in [-0.15, -0.1) is 0 Å². The summed E-state index contributed by atoms with van der Waals surface area (Å²) < 4.78 is 38.4. The van der Waals surface area contributed by atoms with Crippen molar-refractivity contribution in [1.29, 1.82) is 0 Å². The van der Waals surface area contributed by atoms with Crippen molar-refractivity contribution in [3.63, 3.8) is 0 Å². The molecule has 0 aromatic heterocycles. The maximum absolute atomic E-state index is 13.4. The SMILES string of the molecule is Cc1ccc(S(=O)(=O)N(CC(=O)Nc2ccc3c(c2)OCO3)c2cc(Cl)cc(Cl)c2)cc1. The summed E-state index contributed by atoms with van der Waals surface area (Å²) in [5.74, 6) is 0.504. The van der Waals surface area contributed by atoms with Gasteiger partial charge in [0.25, 0.3) is 10.0 Å². The topological polar surface area (TPSA) is 84.9 Å². The first kappa shape index (κ1) is 22.3. The number of sulfonamides is 1. The number of benzene rings is 3. The first-order chi connectivity index (χ1) is 15.2. The van der Waals surface area contributed by atoms with Crippen LogP contribution in [0.1, 0.15) is 5.56 Å². The van der Waals surface area contributed by atoms with E-state index in [2.05, 4.69) is 5.32 Å². The Balaban J connectivity index is 1.66. The summed E-state index contributed by atoms with van der Waals surface area (Å²) >= 11 is 12.2. The number of rotatable bonds is 6. The summed E-state index contributed by atoms with van der Waals surface area (Å²) in [6.45, 7) is 1.45. The van der Waals surface area contributed by atoms with Gasteiger partial charge in [0.15, 0.2) is 11.5 Å². The normalized spacial score (nSPS) is 12.5. The van der Waals surface area contributed by atoms with Crippen LogP contribution in [0.4, 0.5) is 11.4 Å². The maximum Gasteiger partial charge on any atom is 0.264 e. The predicted molar refractivity (Wildman–Crippen MR) is 123 cm³/mol. The third-order valence-electron chi connectivity index (χ3n) is 4.69. The van der Waals surface area contributed by atoms with Gasteiger partial charge in [-0.25, -0.2) is 8.42 Å². The van der Waals surface area contributed by atoms with Crippen LogP contribution in [-0.2, 0) is 14.8 Å². The molecule has 10 heteroatoms. The van der Waals surface area contributed by atoms with Crippen molar-refractivity contribution in [2.45, 2.75) is 11.8 Å². The number of hydrogen-bond acceptors (Lipinski definition) is 5. The van der Waals surface area contributed by atoms with Gasteiger partial charge in [-0.2, -0.15) is 0 Å². The number of amides is 1. The number of carbonyl (C=O) groups is 1. The standard InChI is InChI=1S/C22H18Cl2N2O5S/c1-14-2-5-19(6-3-14)32(28,29)26(18-9-15(23)8-16(24)10-18)12-22(27)25-17-4-7-20-21(11-17)31-13-30-20/h2-11H,12-13H2,1H3,(H,25,27). The van der Waals surface area contributed by atoms with Crippen LogP contribution in [0.3, 0.4) is 0 Å². The van der Waals surface area contributed by atoms with Crippen molar-refractivity contribution in [3.8, 4) is 11.5 Å². The van der Waals surface area contributed by atoms with Crippen molar-refractivity contribution in [2.75, 3.05) is 23.0 Å². The molecule has 0 bridgehead atoms. The average Bonchev–Trinajstić information content (AvgIpc) is 3.19. The van der Waals surface area contributed by atoms with Crippen LogP contribution in [0.2, 0.25) is 10.0 Å². The van der Waals surface area contributed by atoms with Crippen molar-refractivity contribution >= 4 is 50.5 Å². The number of ether oxygens (including phenoxy) is 2. The molecule has 32 heavy (non-hydrogen) atoms. The maximum atomic E-state index is 13.4. The van der Waals surface area contributed by atoms with Crippen LogP contribution in [0, 0.1) is 6.92 Å². The van der Waals surface area contributed by atoms with Gasteiger partial charge in [0.2, 0.25) is 12.7 Å². The summed E-state index contributed by atoms with van der Waals surface area (Å²) in [4.78, 5) is 12.9. The molecular weight excluding hydrogens is 475 g/mol. The number of fused-ring (bicyclic) bond motifs is 1. The van der Waals surface area contributed by atoms with Crippen LogP contribution < -0.4 is 19.1 Å². The fourth-order valence-electron chi connectivity index (χ4n) is 3.14. The van der Waals surface area contributed by atoms with E-state index in [0.717, 1.165) is 9.87 Å². The molecule has 0 unspecified atom stereocenters. The van der Waals surface area contributed by atoms with E-state index in [4.69, 9.17) is 32.7 Å². The Morgan fingerprint density at radius 2 is 1.62 bits per heavy atom. The lowest BCUT2D eigenvalue weighted by Crippen LogP contribution is -2.38. The molecule has 3 aromatic carbocycles. The Labute approximate surface area is 195 Å². The molecule has 0 saturated carbocycles. The number of nitrogens with zero attached hydrogens (tertiary/aromatic N) is 1. The van der Waals surface area contributed by atoms with E-state index in [-0.39, 0.29) is 27.4 Å². The quantitative estimate of drug-likeness (QED) is 0.530. The van der Waals surface area contributed by atoms with E-state index in [9.17, 15) is 13.2 Å². The van der Waals surface area contributed by atoms with Gasteiger partial charge in [0.1, 0.15) is 6.54 Å². The van der Waals surface area contributed by atoms with Crippen LogP contribution in [0.25, 0.3) is 0 Å². The summed E-state index contributed by atoms with van der Waals surface area (Å²) in [6, 6.07) is 15.6. The molecule has 0 saturated heterocycles. The molecule has 1 N–H and O–H groups in total. The minimum Gasteiger partial charge on any atom is -0.454 e. The number of nitrogens with one attached hydrogen (secondary N) is 1. The Bertz CT molecular complexity index is 1260. The van der Waals surface area contributed by atoms with Gasteiger partial charge in [0.05, 0.1) is 10.6 Å². The van der Waals surface area contributed by atoms with Gasteiger partial charge in [-0.1, -0.05) is 40.9 Å². The van der Waals surface area contributed by atoms with Gasteiger partial charge in [0, 0.05) is 21.8 Å². The Morgan fingerprint density at radius 1 is 0.969 bits per heavy atom. The highest BCUT2D eigenvalue weighted by molar-refractivity contribution is 7.92. The molecule has 166 valence electrons. The van der Waals surface area contributed by atoms with E-state index in [1.807, 2.05) is 6.92 Å². The molecule has 7 nitrogen and oxygen atoms in total. The lowest BCUT2D eigenvalue weighted by atomic mass is 10.2. The highest BCUT2D eigenvalue weighted by Gasteiger charge is 2.28. The van der Waals surface area contributed by atoms with Crippen LogP contribution in [0.5, 0.6) is 11.5 Å². The van der Waals surface area contributed by atoms with Gasteiger partial charge in [-0.05, 0) is 49.4 Å². The molecule has 1 amide bonds. The summed E-state index contributed by atoms with van der Waals surface area (Å²) in [7, 11) is -4.09. The third kappa shape index (κ3) is 4.77. The van der Waals surface area contributed by atoms with Gasteiger partial charge < -0.3 is 14.8 Å². The molecule has 0 fully saturated rings. The largest absolute Gasteiger partial charge is 0.454 e. The highest BCUT2D eigenvalue weighted by Crippen LogP contribution is 2.34. The monoisotopic (exact) mass is 492 g/mol. The smallest absolute Gasteiger partial charge is 0.264 e. The first-order valence-electron chi connectivity index (χ1n) is 9.47. The van der Waals surface area contributed by atoms with E-state index in [1.165, 1.54) is 30.3 Å². The van der Waals surface area contributed by atoms with E-state index < -0.39 is 22.5 Å². The fraction of sp³-hybridized carbons (Fsp3) is 0.136. The molecule has 1 heterocycles. The molecule has 3 aromatic rings. The Hall–Kier alpha value is -2.94. The van der Waals surface area contributed by atoms with E-state index >= 15 is 0 Å². The minimum absolute atomic E-state index is 0.0371. The predicted octanol–water partition coefficient (Wildman–Crippen LogP) is 4.86. The minimum atomic E-state index is -4.09.